The third-order valence-electron chi connectivity index (χ3n) is 3.79. The van der Waals surface area contributed by atoms with Gasteiger partial charge in [0.1, 0.15) is 15.9 Å². The van der Waals surface area contributed by atoms with Crippen molar-refractivity contribution in [2.45, 2.75) is 0 Å². The van der Waals surface area contributed by atoms with Crippen molar-refractivity contribution < 1.29 is 21.8 Å². The van der Waals surface area contributed by atoms with E-state index in [0.717, 1.165) is 18.3 Å². The summed E-state index contributed by atoms with van der Waals surface area (Å²) in [7, 11) is -0.877. The van der Waals surface area contributed by atoms with E-state index in [1.165, 1.54) is 15.9 Å². The Morgan fingerprint density at radius 2 is 0.786 bits per heavy atom. The first-order chi connectivity index (χ1) is 13.4. The normalized spacial score (nSPS) is 9.04. The molecule has 0 amide bonds. The molecule has 0 aliphatic heterocycles. The first kappa shape index (κ1) is 24.0. The van der Waals surface area contributed by atoms with E-state index in [1.807, 2.05) is 30.3 Å². The van der Waals surface area contributed by atoms with E-state index >= 15 is 0 Å². The van der Waals surface area contributed by atoms with Crippen LogP contribution < -0.4 is 15.9 Å². The average Bonchev–Trinajstić information content (AvgIpc) is 2.79. The van der Waals surface area contributed by atoms with Crippen LogP contribution in [0.4, 0.5) is 0 Å². The molecule has 0 aromatic heterocycles. The van der Waals surface area contributed by atoms with E-state index in [1.54, 1.807) is 0 Å². The minimum atomic E-state index is -0.877. The van der Waals surface area contributed by atoms with E-state index in [2.05, 4.69) is 97.1 Å². The minimum absolute atomic E-state index is 0. The van der Waals surface area contributed by atoms with Crippen molar-refractivity contribution in [1.82, 2.24) is 0 Å². The van der Waals surface area contributed by atoms with Gasteiger partial charge in [-0.3, -0.25) is 0 Å². The van der Waals surface area contributed by atoms with Crippen LogP contribution in [0.5, 0.6) is 0 Å². The summed E-state index contributed by atoms with van der Waals surface area (Å²) in [5.41, 5.74) is 0. The second-order valence-electron chi connectivity index (χ2n) is 5.55. The average molecular weight is 489 g/mol. The van der Waals surface area contributed by atoms with Gasteiger partial charge in [-0.1, -0.05) is 54.6 Å². The third kappa shape index (κ3) is 7.90. The number of hydrogen-bond acceptors (Lipinski definition) is 1. The van der Waals surface area contributed by atoms with Crippen LogP contribution >= 0.6 is 7.92 Å². The van der Waals surface area contributed by atoms with Crippen molar-refractivity contribution in [2.24, 2.45) is 0 Å². The Kier molecular flexibility index (Phi) is 12.8. The summed E-state index contributed by atoms with van der Waals surface area (Å²) in [5, 5.41) is 4.31. The van der Waals surface area contributed by atoms with Gasteiger partial charge >= 0.3 is 21.8 Å². The molecule has 142 valence electrons. The smallest absolute Gasteiger partial charge is 0.102 e. The predicted octanol–water partition coefficient (Wildman–Crippen LogP) is 3.36. The molecule has 1 nitrogen and oxygen atoms in total. The van der Waals surface area contributed by atoms with Crippen LogP contribution in [0.1, 0.15) is 0 Å². The molecule has 0 saturated carbocycles. The van der Waals surface area contributed by atoms with Crippen molar-refractivity contribution in [3.8, 4) is 0 Å². The molecule has 0 bridgehead atoms. The molecule has 0 heterocycles. The largest absolute Gasteiger partial charge is 0.184 e. The summed E-state index contributed by atoms with van der Waals surface area (Å²) >= 11 is 1.10. The van der Waals surface area contributed by atoms with Gasteiger partial charge in [-0.05, 0) is 47.4 Å². The van der Waals surface area contributed by atoms with Crippen molar-refractivity contribution in [3.63, 3.8) is 0 Å². The molecule has 0 aliphatic carbocycles. The summed E-state index contributed by atoms with van der Waals surface area (Å²) in [6, 6.07) is 45.0. The molecular formula is C24H24OPRuSi+. The Morgan fingerprint density at radius 1 is 0.500 bits per heavy atom. The van der Waals surface area contributed by atoms with Crippen molar-refractivity contribution in [2.75, 3.05) is 0 Å². The van der Waals surface area contributed by atoms with Crippen molar-refractivity contribution >= 4 is 34.8 Å². The molecule has 4 rings (SSSR count). The van der Waals surface area contributed by atoms with Gasteiger partial charge in [0.25, 0.3) is 0 Å². The standard InChI is InChI=1S/C18H15P.C6H5.O.Ru.H3Si/c1-4-10-16(11-5-1)19(17-12-6-2-7-13-17)18-14-8-3-9-15-18;1-2-4-6-5-3-1;;;/h1-15H;1-5H;;;1H3/q;-1;;+1;/p+1. The fourth-order valence-electron chi connectivity index (χ4n) is 2.66. The molecule has 0 saturated heterocycles. The molecule has 0 spiro atoms. The van der Waals surface area contributed by atoms with Gasteiger partial charge in [-0.2, -0.15) is 36.4 Å². The maximum absolute atomic E-state index is 8.18. The summed E-state index contributed by atoms with van der Waals surface area (Å²) < 4.78 is 8.18. The fourth-order valence-corrected chi connectivity index (χ4v) is 5.23. The first-order valence-electron chi connectivity index (χ1n) is 8.54. The van der Waals surface area contributed by atoms with E-state index in [4.69, 9.17) is 3.57 Å². The third-order valence-corrected chi connectivity index (χ3v) is 6.53. The molecule has 4 heteroatoms. The van der Waals surface area contributed by atoms with Crippen LogP contribution in [0.3, 0.4) is 0 Å². The molecule has 28 heavy (non-hydrogen) atoms. The quantitative estimate of drug-likeness (QED) is 0.246. The SMILES string of the molecule is [O]=[Ru+].[SiH3].[c-]1ccccc1.c1ccc([PH+](c2ccccc2)c2ccccc2)cc1. The zero-order valence-electron chi connectivity index (χ0n) is 15.8. The van der Waals surface area contributed by atoms with Gasteiger partial charge in [-0.15, -0.1) is 0 Å². The fraction of sp³-hybridized carbons (Fsp3) is 0. The van der Waals surface area contributed by atoms with Crippen molar-refractivity contribution in [3.05, 3.63) is 127 Å². The van der Waals surface area contributed by atoms with Crippen LogP contribution in [-0.2, 0) is 21.8 Å². The molecular weight excluding hydrogens is 464 g/mol. The second kappa shape index (κ2) is 14.9. The van der Waals surface area contributed by atoms with Crippen LogP contribution in [0.25, 0.3) is 0 Å². The zero-order valence-corrected chi connectivity index (χ0v) is 20.5. The number of rotatable bonds is 3. The van der Waals surface area contributed by atoms with E-state index in [9.17, 15) is 0 Å². The Hall–Kier alpha value is -2.05. The molecule has 4 aromatic carbocycles. The Balaban J connectivity index is 0.000000370. The van der Waals surface area contributed by atoms with Gasteiger partial charge in [-0.25, -0.2) is 0 Å². The van der Waals surface area contributed by atoms with Crippen LogP contribution in [0.15, 0.2) is 121 Å². The van der Waals surface area contributed by atoms with Crippen molar-refractivity contribution in [1.29, 1.82) is 0 Å². The first-order valence-corrected chi connectivity index (χ1v) is 10.7. The summed E-state index contributed by atoms with van der Waals surface area (Å²) in [6.45, 7) is 0. The molecule has 0 atom stereocenters. The van der Waals surface area contributed by atoms with Gasteiger partial charge in [0.05, 0.1) is 7.92 Å². The minimum Gasteiger partial charge on any atom is -0.184 e. The summed E-state index contributed by atoms with van der Waals surface area (Å²) in [6.07, 6.45) is 0. The van der Waals surface area contributed by atoms with Crippen LogP contribution in [-0.4, -0.2) is 11.0 Å². The summed E-state index contributed by atoms with van der Waals surface area (Å²) in [4.78, 5) is 0. The predicted molar refractivity (Wildman–Crippen MR) is 122 cm³/mol. The molecule has 1 radical (unpaired) electrons. The number of benzene rings is 4. The van der Waals surface area contributed by atoms with Crippen LogP contribution in [0.2, 0.25) is 0 Å². The molecule has 0 unspecified atom stereocenters. The van der Waals surface area contributed by atoms with E-state index in [0.29, 0.717) is 0 Å². The van der Waals surface area contributed by atoms with Gasteiger partial charge in [0.15, 0.2) is 0 Å². The number of hydrogen-bond donors (Lipinski definition) is 0. The van der Waals surface area contributed by atoms with Gasteiger partial charge in [0.2, 0.25) is 0 Å². The maximum atomic E-state index is 8.18. The topological polar surface area (TPSA) is 17.1 Å². The molecule has 0 aliphatic rings. The Bertz CT molecular complexity index is 741. The Morgan fingerprint density at radius 3 is 1.00 bits per heavy atom. The molecule has 4 aromatic rings. The second-order valence-corrected chi connectivity index (χ2v) is 8.03. The monoisotopic (exact) mass is 489 g/mol. The van der Waals surface area contributed by atoms with Crippen LogP contribution in [0, 0.1) is 6.07 Å². The van der Waals surface area contributed by atoms with E-state index < -0.39 is 7.92 Å². The summed E-state index contributed by atoms with van der Waals surface area (Å²) in [5.74, 6) is 0. The van der Waals surface area contributed by atoms with E-state index in [-0.39, 0.29) is 11.0 Å². The molecule has 0 N–H and O–H groups in total. The Labute approximate surface area is 183 Å². The zero-order chi connectivity index (χ0) is 19.2. The maximum Gasteiger partial charge on any atom is 0.102 e. The molecule has 0 fully saturated rings. The van der Waals surface area contributed by atoms with Gasteiger partial charge in [0, 0.05) is 0 Å². The van der Waals surface area contributed by atoms with Gasteiger partial charge < -0.3 is 0 Å².